The number of hydrazine groups is 1. The van der Waals surface area contributed by atoms with E-state index in [1.165, 1.54) is 0 Å². The van der Waals surface area contributed by atoms with Crippen molar-refractivity contribution in [1.29, 1.82) is 0 Å². The molecule has 0 bridgehead atoms. The van der Waals surface area contributed by atoms with Crippen molar-refractivity contribution >= 4 is 17.7 Å². The maximum atomic E-state index is 11.4. The summed E-state index contributed by atoms with van der Waals surface area (Å²) in [6.07, 6.45) is 1.51. The van der Waals surface area contributed by atoms with Gasteiger partial charge in [-0.2, -0.15) is 0 Å². The third-order valence-electron chi connectivity index (χ3n) is 4.08. The first-order valence-corrected chi connectivity index (χ1v) is 7.45. The molecule has 0 aromatic heterocycles. The van der Waals surface area contributed by atoms with E-state index in [1.54, 1.807) is 0 Å². The first-order chi connectivity index (χ1) is 13.2. The Morgan fingerprint density at radius 3 is 2.29 bits per heavy atom. The van der Waals surface area contributed by atoms with E-state index >= 15 is 0 Å². The highest BCUT2D eigenvalue weighted by Gasteiger charge is 2.44. The summed E-state index contributed by atoms with van der Waals surface area (Å²) in [5.41, 5.74) is 0.213. The lowest BCUT2D eigenvalue weighted by Crippen LogP contribution is -2.46. The Morgan fingerprint density at radius 2 is 1.71 bits per heavy atom. The summed E-state index contributed by atoms with van der Waals surface area (Å²) in [4.78, 5) is 45.2. The molecular formula is C13H9N7O8. The molecule has 15 heteroatoms. The fraction of sp³-hybridized carbons (Fsp3) is 0.154. The smallest absolute Gasteiger partial charge is 0.285 e. The molecule has 0 saturated heterocycles. The molecule has 0 spiro atoms. The molecule has 0 amide bonds. The van der Waals surface area contributed by atoms with E-state index in [2.05, 4.69) is 10.4 Å². The molecule has 28 heavy (non-hydrogen) atoms. The van der Waals surface area contributed by atoms with Gasteiger partial charge in [0.15, 0.2) is 0 Å². The fourth-order valence-corrected chi connectivity index (χ4v) is 2.86. The van der Waals surface area contributed by atoms with Crippen LogP contribution in [0.15, 0.2) is 46.5 Å². The van der Waals surface area contributed by atoms with Gasteiger partial charge in [0.1, 0.15) is 12.4 Å². The molecule has 0 saturated carbocycles. The Labute approximate surface area is 153 Å². The molecule has 15 nitrogen and oxygen atoms in total. The van der Waals surface area contributed by atoms with Crippen molar-refractivity contribution < 1.29 is 19.7 Å². The van der Waals surface area contributed by atoms with Crippen LogP contribution >= 0.6 is 0 Å². The number of allylic oxidation sites excluding steroid dienone is 1. The molecular weight excluding hydrogens is 382 g/mol. The molecule has 2 aliphatic rings. The standard InChI is InChI=1S/C13H9N7O8/c21-17(22)8-2-1-7(9(4-8)18(23)24)3-10-11(19(25)26)5-12(20(27)28)13-14-6-15-16(10)13/h1-2,4-6,10H,3H2,(H,14,15). The number of nitro groups is 4. The first kappa shape index (κ1) is 18.4. The highest BCUT2D eigenvalue weighted by atomic mass is 16.6. The van der Waals surface area contributed by atoms with Crippen molar-refractivity contribution in [2.45, 2.75) is 12.5 Å². The van der Waals surface area contributed by atoms with Crippen molar-refractivity contribution in [1.82, 2.24) is 10.4 Å². The van der Waals surface area contributed by atoms with Gasteiger partial charge in [-0.25, -0.2) is 10.0 Å². The molecule has 1 atom stereocenters. The van der Waals surface area contributed by atoms with Crippen LogP contribution in [0.25, 0.3) is 0 Å². The number of nitro benzene ring substituents is 2. The van der Waals surface area contributed by atoms with E-state index in [4.69, 9.17) is 0 Å². The average Bonchev–Trinajstić information content (AvgIpc) is 3.10. The third kappa shape index (κ3) is 3.06. The zero-order valence-corrected chi connectivity index (χ0v) is 13.6. The maximum absolute atomic E-state index is 11.4. The molecule has 1 unspecified atom stereocenters. The fourth-order valence-electron chi connectivity index (χ4n) is 2.86. The highest BCUT2D eigenvalue weighted by Crippen LogP contribution is 2.33. The molecule has 2 heterocycles. The molecule has 0 aliphatic carbocycles. The van der Waals surface area contributed by atoms with Crippen molar-refractivity contribution in [3.8, 4) is 0 Å². The van der Waals surface area contributed by atoms with Crippen LogP contribution in [-0.4, -0.2) is 37.1 Å². The maximum Gasteiger partial charge on any atom is 0.319 e. The third-order valence-corrected chi connectivity index (χ3v) is 4.08. The zero-order chi connectivity index (χ0) is 20.6. The molecule has 1 aromatic carbocycles. The Hall–Kier alpha value is -4.43. The highest BCUT2D eigenvalue weighted by molar-refractivity contribution is 5.60. The molecule has 1 N–H and O–H groups in total. The largest absolute Gasteiger partial charge is 0.319 e. The van der Waals surface area contributed by atoms with Gasteiger partial charge in [0.05, 0.1) is 31.8 Å². The van der Waals surface area contributed by atoms with Gasteiger partial charge in [-0.3, -0.25) is 45.9 Å². The summed E-state index contributed by atoms with van der Waals surface area (Å²) >= 11 is 0. The second-order valence-electron chi connectivity index (χ2n) is 5.60. The van der Waals surface area contributed by atoms with E-state index in [-0.39, 0.29) is 17.8 Å². The molecule has 144 valence electrons. The Bertz CT molecular complexity index is 1010. The predicted molar refractivity (Wildman–Crippen MR) is 89.8 cm³/mol. The normalized spacial score (nSPS) is 17.6. The number of rotatable bonds is 6. The molecule has 0 radical (unpaired) electrons. The zero-order valence-electron chi connectivity index (χ0n) is 13.6. The predicted octanol–water partition coefficient (Wildman–Crippen LogP) is 0.883. The van der Waals surface area contributed by atoms with Crippen LogP contribution in [0, 0.1) is 40.5 Å². The number of nitrogens with one attached hydrogen (secondary N) is 1. The average molecular weight is 391 g/mol. The minimum atomic E-state index is -1.18. The van der Waals surface area contributed by atoms with Gasteiger partial charge in [0.2, 0.25) is 5.82 Å². The molecule has 2 aliphatic heterocycles. The van der Waals surface area contributed by atoms with Gasteiger partial charge >= 0.3 is 5.70 Å². The van der Waals surface area contributed by atoms with Crippen molar-refractivity contribution in [3.05, 3.63) is 87.5 Å². The Morgan fingerprint density at radius 1 is 1.00 bits per heavy atom. The van der Waals surface area contributed by atoms with Gasteiger partial charge < -0.3 is 0 Å². The number of nitrogens with zero attached hydrogens (tertiary/aromatic N) is 6. The molecule has 1 aromatic rings. The van der Waals surface area contributed by atoms with Crippen molar-refractivity contribution in [2.75, 3.05) is 0 Å². The number of non-ortho nitro benzene ring substituents is 1. The number of aliphatic imine (C=N–C) groups is 1. The van der Waals surface area contributed by atoms with Crippen LogP contribution in [0.3, 0.4) is 0 Å². The second-order valence-corrected chi connectivity index (χ2v) is 5.60. The molecule has 0 fully saturated rings. The number of hydrogen-bond donors (Lipinski definition) is 1. The summed E-state index contributed by atoms with van der Waals surface area (Å²) in [5, 5.41) is 45.8. The van der Waals surface area contributed by atoms with Gasteiger partial charge in [0.25, 0.3) is 17.1 Å². The Balaban J connectivity index is 2.06. The minimum absolute atomic E-state index is 0.0223. The van der Waals surface area contributed by atoms with Gasteiger partial charge in [-0.1, -0.05) is 0 Å². The summed E-state index contributed by atoms with van der Waals surface area (Å²) in [5.74, 6) is -0.190. The lowest BCUT2D eigenvalue weighted by molar-refractivity contribution is -0.444. The quantitative estimate of drug-likeness (QED) is 0.536. The topological polar surface area (TPSA) is 200 Å². The van der Waals surface area contributed by atoms with Crippen LogP contribution in [0.4, 0.5) is 11.4 Å². The summed E-state index contributed by atoms with van der Waals surface area (Å²) < 4.78 is 0. The summed E-state index contributed by atoms with van der Waals surface area (Å²) in [7, 11) is 0. The van der Waals surface area contributed by atoms with Gasteiger partial charge in [0, 0.05) is 18.1 Å². The lowest BCUT2D eigenvalue weighted by Gasteiger charge is -2.28. The van der Waals surface area contributed by atoms with E-state index in [0.29, 0.717) is 0 Å². The van der Waals surface area contributed by atoms with Crippen LogP contribution in [0.1, 0.15) is 5.56 Å². The van der Waals surface area contributed by atoms with E-state index in [1.807, 2.05) is 0 Å². The van der Waals surface area contributed by atoms with Gasteiger partial charge in [-0.05, 0) is 6.07 Å². The minimum Gasteiger partial charge on any atom is -0.285 e. The summed E-state index contributed by atoms with van der Waals surface area (Å²) in [6.45, 7) is 0. The summed E-state index contributed by atoms with van der Waals surface area (Å²) in [6, 6.07) is 1.72. The Kier molecular flexibility index (Phi) is 4.40. The van der Waals surface area contributed by atoms with Crippen LogP contribution < -0.4 is 5.43 Å². The van der Waals surface area contributed by atoms with Crippen LogP contribution in [0.2, 0.25) is 0 Å². The number of benzene rings is 1. The SMILES string of the molecule is O=[N+]([O-])C1=CC([N+](=O)[O-])=C2N=CNN2C1Cc1ccc([N+](=O)[O-])cc1[N+](=O)[O-]. The number of hydrogen-bond acceptors (Lipinski definition) is 11. The van der Waals surface area contributed by atoms with Crippen LogP contribution in [0.5, 0.6) is 0 Å². The monoisotopic (exact) mass is 391 g/mol. The molecule has 3 rings (SSSR count). The van der Waals surface area contributed by atoms with Crippen LogP contribution in [-0.2, 0) is 6.42 Å². The van der Waals surface area contributed by atoms with Crippen molar-refractivity contribution in [2.24, 2.45) is 4.99 Å². The number of fused-ring (bicyclic) bond motifs is 1. The van der Waals surface area contributed by atoms with E-state index < -0.39 is 48.5 Å². The van der Waals surface area contributed by atoms with Gasteiger partial charge in [-0.15, -0.1) is 0 Å². The first-order valence-electron chi connectivity index (χ1n) is 7.45. The lowest BCUT2D eigenvalue weighted by atomic mass is 9.98. The van der Waals surface area contributed by atoms with E-state index in [9.17, 15) is 40.5 Å². The van der Waals surface area contributed by atoms with E-state index in [0.717, 1.165) is 35.6 Å². The second kappa shape index (κ2) is 6.71. The van der Waals surface area contributed by atoms with Crippen molar-refractivity contribution in [3.63, 3.8) is 0 Å².